The maximum Gasteiger partial charge on any atom is 0.242 e. The molecule has 5 nitrogen and oxygen atoms in total. The molecule has 2 N–H and O–H groups in total. The van der Waals surface area contributed by atoms with Crippen LogP contribution >= 0.6 is 0 Å². The molecule has 1 atom stereocenters. The van der Waals surface area contributed by atoms with Crippen molar-refractivity contribution in [3.8, 4) is 6.07 Å². The molecule has 0 saturated carbocycles. The van der Waals surface area contributed by atoms with Gasteiger partial charge in [0.2, 0.25) is 10.0 Å². The fourth-order valence-electron chi connectivity index (χ4n) is 2.05. The van der Waals surface area contributed by atoms with Gasteiger partial charge in [-0.05, 0) is 31.5 Å². The standard InChI is InChI=1S/C12H15N3O2S/c1-9-3-2-4-12(11(9)7-13)18(16,17)15-10-5-6-14-8-10/h2-4,10,14-15H,5-6,8H2,1H3/t10-/m0/s1. The topological polar surface area (TPSA) is 82.0 Å². The Hall–Kier alpha value is -1.42. The van der Waals surface area contributed by atoms with E-state index >= 15 is 0 Å². The molecule has 0 bridgehead atoms. The Morgan fingerprint density at radius 2 is 2.28 bits per heavy atom. The molecule has 1 fully saturated rings. The van der Waals surface area contributed by atoms with Crippen LogP contribution in [-0.2, 0) is 10.0 Å². The van der Waals surface area contributed by atoms with Crippen LogP contribution in [0, 0.1) is 18.3 Å². The minimum atomic E-state index is -3.62. The third kappa shape index (κ3) is 2.53. The van der Waals surface area contributed by atoms with Crippen molar-refractivity contribution in [3.63, 3.8) is 0 Å². The molecule has 1 aromatic rings. The number of sulfonamides is 1. The van der Waals surface area contributed by atoms with E-state index in [-0.39, 0.29) is 16.5 Å². The second kappa shape index (κ2) is 5.06. The highest BCUT2D eigenvalue weighted by atomic mass is 32.2. The summed E-state index contributed by atoms with van der Waals surface area (Å²) in [6, 6.07) is 6.71. The zero-order chi connectivity index (χ0) is 13.2. The van der Waals surface area contributed by atoms with Crippen molar-refractivity contribution in [2.24, 2.45) is 0 Å². The van der Waals surface area contributed by atoms with Crippen LogP contribution in [0.25, 0.3) is 0 Å². The van der Waals surface area contributed by atoms with E-state index in [9.17, 15) is 8.42 Å². The van der Waals surface area contributed by atoms with Crippen LogP contribution < -0.4 is 10.0 Å². The lowest BCUT2D eigenvalue weighted by atomic mass is 10.1. The van der Waals surface area contributed by atoms with Gasteiger partial charge in [0.1, 0.15) is 11.0 Å². The zero-order valence-electron chi connectivity index (χ0n) is 10.1. The smallest absolute Gasteiger partial charge is 0.242 e. The van der Waals surface area contributed by atoms with E-state index < -0.39 is 10.0 Å². The fraction of sp³-hybridized carbons (Fsp3) is 0.417. The van der Waals surface area contributed by atoms with Crippen LogP contribution in [0.3, 0.4) is 0 Å². The van der Waals surface area contributed by atoms with Crippen molar-refractivity contribution in [3.05, 3.63) is 29.3 Å². The first-order valence-electron chi connectivity index (χ1n) is 5.77. The van der Waals surface area contributed by atoms with Crippen molar-refractivity contribution < 1.29 is 8.42 Å². The Bertz CT molecular complexity index is 584. The second-order valence-corrected chi connectivity index (χ2v) is 6.05. The van der Waals surface area contributed by atoms with Gasteiger partial charge < -0.3 is 5.32 Å². The first-order valence-corrected chi connectivity index (χ1v) is 7.25. The normalized spacial score (nSPS) is 19.7. The lowest BCUT2D eigenvalue weighted by Gasteiger charge is -2.13. The van der Waals surface area contributed by atoms with E-state index in [2.05, 4.69) is 10.0 Å². The Labute approximate surface area is 107 Å². The monoisotopic (exact) mass is 265 g/mol. The predicted octanol–water partition coefficient (Wildman–Crippen LogP) is 0.507. The molecule has 18 heavy (non-hydrogen) atoms. The maximum absolute atomic E-state index is 12.2. The van der Waals surface area contributed by atoms with Gasteiger partial charge in [-0.15, -0.1) is 0 Å². The summed E-state index contributed by atoms with van der Waals surface area (Å²) >= 11 is 0. The van der Waals surface area contributed by atoms with E-state index in [0.29, 0.717) is 12.1 Å². The van der Waals surface area contributed by atoms with Gasteiger partial charge in [-0.25, -0.2) is 13.1 Å². The first-order chi connectivity index (χ1) is 8.54. The number of hydrogen-bond acceptors (Lipinski definition) is 4. The summed E-state index contributed by atoms with van der Waals surface area (Å²) in [5, 5.41) is 12.2. The molecule has 0 unspecified atom stereocenters. The SMILES string of the molecule is Cc1cccc(S(=O)(=O)N[C@H]2CCNC2)c1C#N. The summed E-state index contributed by atoms with van der Waals surface area (Å²) in [6.45, 7) is 3.17. The average Bonchev–Trinajstić information content (AvgIpc) is 2.80. The first kappa shape index (κ1) is 13.0. The average molecular weight is 265 g/mol. The summed E-state index contributed by atoms with van der Waals surface area (Å²) < 4.78 is 27.1. The Morgan fingerprint density at radius 1 is 1.50 bits per heavy atom. The summed E-state index contributed by atoms with van der Waals surface area (Å²) in [6.07, 6.45) is 0.771. The van der Waals surface area contributed by atoms with Crippen molar-refractivity contribution in [2.75, 3.05) is 13.1 Å². The van der Waals surface area contributed by atoms with Crippen LogP contribution in [0.2, 0.25) is 0 Å². The van der Waals surface area contributed by atoms with Crippen LogP contribution in [0.15, 0.2) is 23.1 Å². The molecule has 0 amide bonds. The molecule has 1 heterocycles. The largest absolute Gasteiger partial charge is 0.315 e. The third-order valence-electron chi connectivity index (χ3n) is 3.02. The predicted molar refractivity (Wildman–Crippen MR) is 67.5 cm³/mol. The number of nitriles is 1. The summed E-state index contributed by atoms with van der Waals surface area (Å²) in [5.74, 6) is 0. The number of hydrogen-bond donors (Lipinski definition) is 2. The van der Waals surface area contributed by atoms with E-state index in [1.165, 1.54) is 6.07 Å². The number of benzene rings is 1. The number of nitrogens with zero attached hydrogens (tertiary/aromatic N) is 1. The molecule has 2 rings (SSSR count). The fourth-order valence-corrected chi connectivity index (χ4v) is 3.55. The highest BCUT2D eigenvalue weighted by Gasteiger charge is 2.25. The molecule has 0 radical (unpaired) electrons. The quantitative estimate of drug-likeness (QED) is 0.834. The minimum Gasteiger partial charge on any atom is -0.315 e. The van der Waals surface area contributed by atoms with E-state index in [1.54, 1.807) is 19.1 Å². The van der Waals surface area contributed by atoms with Crippen molar-refractivity contribution in [1.82, 2.24) is 10.0 Å². The van der Waals surface area contributed by atoms with Crippen LogP contribution in [0.1, 0.15) is 17.5 Å². The molecule has 1 aliphatic heterocycles. The Morgan fingerprint density at radius 3 is 2.89 bits per heavy atom. The summed E-state index contributed by atoms with van der Waals surface area (Å²) in [5.41, 5.74) is 0.890. The molecule has 6 heteroatoms. The van der Waals surface area contributed by atoms with Crippen LogP contribution in [-0.4, -0.2) is 27.5 Å². The molecular weight excluding hydrogens is 250 g/mol. The second-order valence-electron chi connectivity index (χ2n) is 4.37. The maximum atomic E-state index is 12.2. The number of nitrogens with one attached hydrogen (secondary N) is 2. The van der Waals surface area contributed by atoms with Crippen LogP contribution in [0.4, 0.5) is 0 Å². The van der Waals surface area contributed by atoms with E-state index in [1.807, 2.05) is 6.07 Å². The van der Waals surface area contributed by atoms with Crippen LogP contribution in [0.5, 0.6) is 0 Å². The number of rotatable bonds is 3. The van der Waals surface area contributed by atoms with Gasteiger partial charge in [0.15, 0.2) is 0 Å². The molecule has 1 saturated heterocycles. The van der Waals surface area contributed by atoms with Gasteiger partial charge in [0.05, 0.1) is 5.56 Å². The molecule has 0 aromatic heterocycles. The van der Waals surface area contributed by atoms with Crippen molar-refractivity contribution in [1.29, 1.82) is 5.26 Å². The molecule has 0 aliphatic carbocycles. The Balaban J connectivity index is 2.35. The van der Waals surface area contributed by atoms with Gasteiger partial charge in [-0.2, -0.15) is 5.26 Å². The number of aryl methyl sites for hydroxylation is 1. The van der Waals surface area contributed by atoms with Gasteiger partial charge in [0, 0.05) is 12.6 Å². The summed E-state index contributed by atoms with van der Waals surface area (Å²) in [7, 11) is -3.62. The highest BCUT2D eigenvalue weighted by Crippen LogP contribution is 2.19. The molecular formula is C12H15N3O2S. The summed E-state index contributed by atoms with van der Waals surface area (Å²) in [4.78, 5) is 0.0666. The molecule has 1 aromatic carbocycles. The van der Waals surface area contributed by atoms with E-state index in [0.717, 1.165) is 13.0 Å². The van der Waals surface area contributed by atoms with Gasteiger partial charge in [-0.3, -0.25) is 0 Å². The molecule has 1 aliphatic rings. The van der Waals surface area contributed by atoms with Gasteiger partial charge in [0.25, 0.3) is 0 Å². The van der Waals surface area contributed by atoms with Gasteiger partial charge >= 0.3 is 0 Å². The Kier molecular flexibility index (Phi) is 3.66. The highest BCUT2D eigenvalue weighted by molar-refractivity contribution is 7.89. The third-order valence-corrected chi connectivity index (χ3v) is 4.58. The lowest BCUT2D eigenvalue weighted by Crippen LogP contribution is -2.36. The van der Waals surface area contributed by atoms with E-state index in [4.69, 9.17) is 5.26 Å². The molecule has 0 spiro atoms. The molecule has 96 valence electrons. The zero-order valence-corrected chi connectivity index (χ0v) is 10.9. The lowest BCUT2D eigenvalue weighted by molar-refractivity contribution is 0.560. The van der Waals surface area contributed by atoms with Crippen molar-refractivity contribution in [2.45, 2.75) is 24.3 Å². The van der Waals surface area contributed by atoms with Crippen molar-refractivity contribution >= 4 is 10.0 Å². The van der Waals surface area contributed by atoms with Gasteiger partial charge in [-0.1, -0.05) is 12.1 Å². The minimum absolute atomic E-state index is 0.0666.